The first-order valence-corrected chi connectivity index (χ1v) is 8.58. The second-order valence-electron chi connectivity index (χ2n) is 7.43. The summed E-state index contributed by atoms with van der Waals surface area (Å²) in [7, 11) is 0. The van der Waals surface area contributed by atoms with Crippen molar-refractivity contribution in [2.75, 3.05) is 6.54 Å². The summed E-state index contributed by atoms with van der Waals surface area (Å²) in [6, 6.07) is 0. The Kier molecular flexibility index (Phi) is 7.45. The lowest BCUT2D eigenvalue weighted by Crippen LogP contribution is -2.20. The van der Waals surface area contributed by atoms with Gasteiger partial charge >= 0.3 is 0 Å². The first-order valence-electron chi connectivity index (χ1n) is 8.58. The average molecular weight is 290 g/mol. The zero-order chi connectivity index (χ0) is 15.9. The molecule has 1 heteroatoms. The van der Waals surface area contributed by atoms with Crippen molar-refractivity contribution in [1.82, 2.24) is 0 Å². The van der Waals surface area contributed by atoms with E-state index in [9.17, 15) is 0 Å². The van der Waals surface area contributed by atoms with Gasteiger partial charge in [0.15, 0.2) is 0 Å². The van der Waals surface area contributed by atoms with Crippen LogP contribution in [0, 0.1) is 11.3 Å². The normalized spacial score (nSPS) is 21.1. The van der Waals surface area contributed by atoms with Gasteiger partial charge in [0.25, 0.3) is 0 Å². The molecule has 0 saturated carbocycles. The average Bonchev–Trinajstić information content (AvgIpc) is 2.37. The molecule has 0 spiro atoms. The van der Waals surface area contributed by atoms with Crippen molar-refractivity contribution in [3.63, 3.8) is 0 Å². The third-order valence-electron chi connectivity index (χ3n) is 4.91. The highest BCUT2D eigenvalue weighted by Gasteiger charge is 2.27. The van der Waals surface area contributed by atoms with E-state index in [0.717, 1.165) is 6.42 Å². The van der Waals surface area contributed by atoms with Crippen molar-refractivity contribution in [2.45, 2.75) is 73.1 Å². The van der Waals surface area contributed by atoms with Crippen LogP contribution >= 0.6 is 0 Å². The molecule has 0 bridgehead atoms. The van der Waals surface area contributed by atoms with Crippen LogP contribution in [0.25, 0.3) is 0 Å². The molecule has 0 radical (unpaired) electrons. The van der Waals surface area contributed by atoms with E-state index in [2.05, 4.69) is 52.8 Å². The van der Waals surface area contributed by atoms with Gasteiger partial charge in [0.05, 0.1) is 0 Å². The molecule has 1 aliphatic rings. The van der Waals surface area contributed by atoms with Crippen LogP contribution in [0.2, 0.25) is 0 Å². The van der Waals surface area contributed by atoms with E-state index in [-0.39, 0.29) is 0 Å². The molecule has 1 unspecified atom stereocenters. The van der Waals surface area contributed by atoms with Gasteiger partial charge in [0.1, 0.15) is 0 Å². The molecule has 2 N–H and O–H groups in total. The lowest BCUT2D eigenvalue weighted by atomic mass is 9.71. The summed E-state index contributed by atoms with van der Waals surface area (Å²) in [6.07, 6.45) is 14.4. The number of rotatable bonds is 7. The second kappa shape index (κ2) is 8.58. The van der Waals surface area contributed by atoms with Crippen molar-refractivity contribution in [1.29, 1.82) is 0 Å². The van der Waals surface area contributed by atoms with E-state index in [1.54, 1.807) is 11.1 Å². The van der Waals surface area contributed by atoms with Crippen LogP contribution in [0.1, 0.15) is 73.1 Å². The van der Waals surface area contributed by atoms with Crippen LogP contribution in [0.4, 0.5) is 0 Å². The van der Waals surface area contributed by atoms with E-state index >= 15 is 0 Å². The van der Waals surface area contributed by atoms with Gasteiger partial charge < -0.3 is 5.73 Å². The van der Waals surface area contributed by atoms with Gasteiger partial charge in [-0.3, -0.25) is 0 Å². The molecule has 0 aromatic carbocycles. The summed E-state index contributed by atoms with van der Waals surface area (Å²) in [5, 5.41) is 0. The Balaban J connectivity index is 2.47. The Morgan fingerprint density at radius 3 is 2.71 bits per heavy atom. The standard InChI is InChI=1S/C20H35N/c1-16(8-6-9-17(2)13-15-21)11-12-19-18(3)10-7-14-20(19,4)5/h6,8,13,16H,7,9-12,14-15,21H2,1-5H3/b8-6+,17-13+. The molecule has 1 atom stereocenters. The monoisotopic (exact) mass is 289 g/mol. The van der Waals surface area contributed by atoms with E-state index in [4.69, 9.17) is 5.73 Å². The maximum Gasteiger partial charge on any atom is 0.0109 e. The molecule has 0 heterocycles. The topological polar surface area (TPSA) is 26.0 Å². The molecule has 0 aliphatic heterocycles. The van der Waals surface area contributed by atoms with Gasteiger partial charge in [-0.25, -0.2) is 0 Å². The highest BCUT2D eigenvalue weighted by Crippen LogP contribution is 2.42. The molecule has 1 rings (SSSR count). The smallest absolute Gasteiger partial charge is 0.0109 e. The Morgan fingerprint density at radius 2 is 2.10 bits per heavy atom. The van der Waals surface area contributed by atoms with Crippen LogP contribution < -0.4 is 5.73 Å². The van der Waals surface area contributed by atoms with E-state index < -0.39 is 0 Å². The van der Waals surface area contributed by atoms with Crippen molar-refractivity contribution in [3.05, 3.63) is 34.9 Å². The molecule has 1 nitrogen and oxygen atoms in total. The minimum atomic E-state index is 0.423. The summed E-state index contributed by atoms with van der Waals surface area (Å²) >= 11 is 0. The molecule has 0 aromatic heterocycles. The SMILES string of the molecule is CC1=C(CCC(C)/C=C/C/C(C)=C/CN)C(C)(C)CCC1. The summed E-state index contributed by atoms with van der Waals surface area (Å²) in [6.45, 7) is 12.3. The summed E-state index contributed by atoms with van der Waals surface area (Å²) < 4.78 is 0. The first kappa shape index (κ1) is 18.2. The third-order valence-corrected chi connectivity index (χ3v) is 4.91. The molecule has 0 fully saturated rings. The van der Waals surface area contributed by atoms with Crippen molar-refractivity contribution in [2.24, 2.45) is 17.1 Å². The number of nitrogens with two attached hydrogens (primary N) is 1. The van der Waals surface area contributed by atoms with E-state index in [1.807, 2.05) is 0 Å². The van der Waals surface area contributed by atoms with Crippen LogP contribution in [0.3, 0.4) is 0 Å². The van der Waals surface area contributed by atoms with Crippen LogP contribution in [0.5, 0.6) is 0 Å². The van der Waals surface area contributed by atoms with Crippen LogP contribution in [-0.4, -0.2) is 6.54 Å². The predicted octanol–water partition coefficient (Wildman–Crippen LogP) is 5.78. The van der Waals surface area contributed by atoms with Crippen molar-refractivity contribution in [3.8, 4) is 0 Å². The highest BCUT2D eigenvalue weighted by molar-refractivity contribution is 5.22. The van der Waals surface area contributed by atoms with Gasteiger partial charge in [0.2, 0.25) is 0 Å². The van der Waals surface area contributed by atoms with Gasteiger partial charge in [-0.15, -0.1) is 0 Å². The minimum absolute atomic E-state index is 0.423. The number of allylic oxidation sites excluding steroid dienone is 5. The zero-order valence-electron chi connectivity index (χ0n) is 14.8. The molecule has 0 amide bonds. The first-order chi connectivity index (χ1) is 9.86. The Hall–Kier alpha value is -0.820. The fourth-order valence-corrected chi connectivity index (χ4v) is 3.47. The lowest BCUT2D eigenvalue weighted by molar-refractivity contribution is 0.348. The number of hydrogen-bond acceptors (Lipinski definition) is 1. The second-order valence-corrected chi connectivity index (χ2v) is 7.43. The predicted molar refractivity (Wildman–Crippen MR) is 95.3 cm³/mol. The van der Waals surface area contributed by atoms with Gasteiger partial charge in [-0.2, -0.15) is 0 Å². The zero-order valence-corrected chi connectivity index (χ0v) is 14.8. The summed E-state index contributed by atoms with van der Waals surface area (Å²) in [4.78, 5) is 0. The Labute approximate surface area is 132 Å². The third kappa shape index (κ3) is 6.22. The summed E-state index contributed by atoms with van der Waals surface area (Å²) in [5.41, 5.74) is 10.7. The summed E-state index contributed by atoms with van der Waals surface area (Å²) in [5.74, 6) is 0.661. The maximum absolute atomic E-state index is 5.52. The Morgan fingerprint density at radius 1 is 1.38 bits per heavy atom. The molecule has 0 aromatic rings. The largest absolute Gasteiger partial charge is 0.327 e. The molecular formula is C20H35N. The maximum atomic E-state index is 5.52. The van der Waals surface area contributed by atoms with Crippen LogP contribution in [-0.2, 0) is 0 Å². The molecule has 0 saturated heterocycles. The Bertz CT molecular complexity index is 410. The van der Waals surface area contributed by atoms with E-state index in [1.165, 1.54) is 37.7 Å². The van der Waals surface area contributed by atoms with Crippen LogP contribution in [0.15, 0.2) is 34.9 Å². The fraction of sp³-hybridized carbons (Fsp3) is 0.700. The highest BCUT2D eigenvalue weighted by atomic mass is 14.5. The molecule has 21 heavy (non-hydrogen) atoms. The molecule has 120 valence electrons. The van der Waals surface area contributed by atoms with Crippen molar-refractivity contribution < 1.29 is 0 Å². The molecular weight excluding hydrogens is 254 g/mol. The van der Waals surface area contributed by atoms with E-state index in [0.29, 0.717) is 17.9 Å². The lowest BCUT2D eigenvalue weighted by Gasteiger charge is -2.35. The number of hydrogen-bond donors (Lipinski definition) is 1. The van der Waals surface area contributed by atoms with Gasteiger partial charge in [-0.05, 0) is 63.7 Å². The van der Waals surface area contributed by atoms with Gasteiger partial charge in [0, 0.05) is 6.54 Å². The molecule has 1 aliphatic carbocycles. The van der Waals surface area contributed by atoms with Gasteiger partial charge in [-0.1, -0.05) is 55.7 Å². The quantitative estimate of drug-likeness (QED) is 0.591. The fourth-order valence-electron chi connectivity index (χ4n) is 3.47. The van der Waals surface area contributed by atoms with Crippen molar-refractivity contribution >= 4 is 0 Å². The minimum Gasteiger partial charge on any atom is -0.327 e.